The van der Waals surface area contributed by atoms with Crippen LogP contribution >= 0.6 is 24.0 Å². The SMILES string of the molecule is CCNC(=NCc1ccccc1OC)NCc1c(CC)noc1CC.I. The lowest BCUT2D eigenvalue weighted by atomic mass is 10.1. The summed E-state index contributed by atoms with van der Waals surface area (Å²) < 4.78 is 10.8. The van der Waals surface area contributed by atoms with Crippen molar-refractivity contribution in [2.45, 2.75) is 46.7 Å². The second-order valence-corrected chi connectivity index (χ2v) is 5.60. The van der Waals surface area contributed by atoms with Crippen molar-refractivity contribution in [1.29, 1.82) is 0 Å². The quantitative estimate of drug-likeness (QED) is 0.349. The number of nitrogens with one attached hydrogen (secondary N) is 2. The van der Waals surface area contributed by atoms with Gasteiger partial charge in [-0.15, -0.1) is 24.0 Å². The number of para-hydroxylation sites is 1. The molecule has 6 nitrogen and oxygen atoms in total. The summed E-state index contributed by atoms with van der Waals surface area (Å²) in [4.78, 5) is 4.67. The van der Waals surface area contributed by atoms with Crippen molar-refractivity contribution in [2.24, 2.45) is 4.99 Å². The minimum atomic E-state index is 0. The average Bonchev–Trinajstić information content (AvgIpc) is 3.06. The number of halogens is 1. The van der Waals surface area contributed by atoms with E-state index in [-0.39, 0.29) is 24.0 Å². The molecule has 0 aliphatic carbocycles. The number of hydrogen-bond acceptors (Lipinski definition) is 4. The minimum absolute atomic E-state index is 0. The van der Waals surface area contributed by atoms with Crippen LogP contribution in [0.2, 0.25) is 0 Å². The largest absolute Gasteiger partial charge is 0.496 e. The molecule has 0 atom stereocenters. The topological polar surface area (TPSA) is 71.7 Å². The molecule has 0 aliphatic rings. The van der Waals surface area contributed by atoms with Gasteiger partial charge in [-0.25, -0.2) is 4.99 Å². The Bertz CT molecular complexity index is 679. The van der Waals surface area contributed by atoms with Gasteiger partial charge in [-0.2, -0.15) is 0 Å². The van der Waals surface area contributed by atoms with E-state index in [2.05, 4.69) is 41.6 Å². The van der Waals surface area contributed by atoms with E-state index < -0.39 is 0 Å². The first-order valence-electron chi connectivity index (χ1n) is 8.83. The van der Waals surface area contributed by atoms with Crippen LogP contribution in [0.5, 0.6) is 5.75 Å². The Balaban J connectivity index is 0.00000338. The van der Waals surface area contributed by atoms with Crippen LogP contribution in [0.3, 0.4) is 0 Å². The average molecular weight is 472 g/mol. The van der Waals surface area contributed by atoms with E-state index in [1.54, 1.807) is 7.11 Å². The molecule has 0 amide bonds. The minimum Gasteiger partial charge on any atom is -0.496 e. The van der Waals surface area contributed by atoms with E-state index in [1.807, 2.05) is 24.3 Å². The molecule has 2 rings (SSSR count). The smallest absolute Gasteiger partial charge is 0.191 e. The second kappa shape index (κ2) is 11.8. The molecule has 2 aromatic rings. The van der Waals surface area contributed by atoms with Crippen LogP contribution in [-0.4, -0.2) is 24.8 Å². The van der Waals surface area contributed by atoms with Crippen molar-refractivity contribution in [3.8, 4) is 5.75 Å². The Morgan fingerprint density at radius 1 is 1.15 bits per heavy atom. The van der Waals surface area contributed by atoms with Gasteiger partial charge in [0.05, 0.1) is 19.3 Å². The van der Waals surface area contributed by atoms with Crippen molar-refractivity contribution in [2.75, 3.05) is 13.7 Å². The maximum absolute atomic E-state index is 5.42. The van der Waals surface area contributed by atoms with Gasteiger partial charge in [-0.1, -0.05) is 37.2 Å². The van der Waals surface area contributed by atoms with Gasteiger partial charge >= 0.3 is 0 Å². The van der Waals surface area contributed by atoms with Crippen LogP contribution < -0.4 is 15.4 Å². The molecule has 0 saturated carbocycles. The van der Waals surface area contributed by atoms with Crippen LogP contribution in [0.25, 0.3) is 0 Å². The van der Waals surface area contributed by atoms with Gasteiger partial charge in [-0.05, 0) is 19.4 Å². The van der Waals surface area contributed by atoms with Crippen molar-refractivity contribution >= 4 is 29.9 Å². The lowest BCUT2D eigenvalue weighted by molar-refractivity contribution is 0.380. The second-order valence-electron chi connectivity index (χ2n) is 5.60. The van der Waals surface area contributed by atoms with E-state index in [4.69, 9.17) is 9.26 Å². The standard InChI is InChI=1S/C19H28N4O2.HI/c1-5-16-15(17(6-2)25-23-16)13-22-19(20-7-3)21-12-14-10-8-9-11-18(14)24-4;/h8-11H,5-7,12-13H2,1-4H3,(H2,20,21,22);1H. The molecule has 1 aromatic heterocycles. The molecule has 0 fully saturated rings. The summed E-state index contributed by atoms with van der Waals surface area (Å²) in [5, 5.41) is 10.8. The molecule has 26 heavy (non-hydrogen) atoms. The summed E-state index contributed by atoms with van der Waals surface area (Å²) in [7, 11) is 1.68. The summed E-state index contributed by atoms with van der Waals surface area (Å²) in [5.74, 6) is 2.55. The molecule has 2 N–H and O–H groups in total. The molecule has 0 spiro atoms. The van der Waals surface area contributed by atoms with Crippen LogP contribution in [0.1, 0.15) is 43.4 Å². The third kappa shape index (κ3) is 5.89. The van der Waals surface area contributed by atoms with Gasteiger partial charge in [-0.3, -0.25) is 0 Å². The number of aromatic nitrogens is 1. The van der Waals surface area contributed by atoms with Gasteiger partial charge in [0.2, 0.25) is 0 Å². The van der Waals surface area contributed by atoms with Gasteiger partial charge < -0.3 is 19.9 Å². The van der Waals surface area contributed by atoms with Crippen molar-refractivity contribution in [1.82, 2.24) is 15.8 Å². The fraction of sp³-hybridized carbons (Fsp3) is 0.474. The summed E-state index contributed by atoms with van der Waals surface area (Å²) in [5.41, 5.74) is 3.19. The van der Waals surface area contributed by atoms with Gasteiger partial charge in [0, 0.05) is 30.6 Å². The molecule has 1 aromatic carbocycles. The van der Waals surface area contributed by atoms with Crippen LogP contribution in [0.4, 0.5) is 0 Å². The molecule has 0 bridgehead atoms. The lowest BCUT2D eigenvalue weighted by Gasteiger charge is -2.12. The zero-order valence-electron chi connectivity index (χ0n) is 16.0. The first-order valence-corrected chi connectivity index (χ1v) is 8.83. The highest BCUT2D eigenvalue weighted by Crippen LogP contribution is 2.18. The number of rotatable bonds is 8. The normalized spacial score (nSPS) is 11.0. The summed E-state index contributed by atoms with van der Waals surface area (Å²) in [6, 6.07) is 7.92. The maximum Gasteiger partial charge on any atom is 0.191 e. The molecule has 0 radical (unpaired) electrons. The Labute approximate surface area is 172 Å². The van der Waals surface area contributed by atoms with E-state index in [0.29, 0.717) is 13.1 Å². The van der Waals surface area contributed by atoms with Gasteiger partial charge in [0.25, 0.3) is 0 Å². The lowest BCUT2D eigenvalue weighted by Crippen LogP contribution is -2.37. The number of aliphatic imine (C=N–C) groups is 1. The summed E-state index contributed by atoms with van der Waals surface area (Å²) >= 11 is 0. The molecule has 1 heterocycles. The molecular formula is C19H29IN4O2. The van der Waals surface area contributed by atoms with E-state index in [0.717, 1.165) is 53.7 Å². The van der Waals surface area contributed by atoms with Gasteiger partial charge in [0.15, 0.2) is 5.96 Å². The van der Waals surface area contributed by atoms with Crippen molar-refractivity contribution in [3.05, 3.63) is 46.8 Å². The Kier molecular flexibility index (Phi) is 10.1. The monoisotopic (exact) mass is 472 g/mol. The Morgan fingerprint density at radius 2 is 1.92 bits per heavy atom. The van der Waals surface area contributed by atoms with Gasteiger partial charge in [0.1, 0.15) is 11.5 Å². The number of aryl methyl sites for hydroxylation is 2. The number of ether oxygens (including phenoxy) is 1. The fourth-order valence-corrected chi connectivity index (χ4v) is 2.65. The predicted octanol–water partition coefficient (Wildman–Crippen LogP) is 3.68. The summed E-state index contributed by atoms with van der Waals surface area (Å²) in [6.07, 6.45) is 1.69. The maximum atomic E-state index is 5.42. The Morgan fingerprint density at radius 3 is 2.58 bits per heavy atom. The van der Waals surface area contributed by atoms with Crippen LogP contribution in [0.15, 0.2) is 33.8 Å². The summed E-state index contributed by atoms with van der Waals surface area (Å²) in [6.45, 7) is 8.20. The third-order valence-corrected chi connectivity index (χ3v) is 3.98. The molecule has 144 valence electrons. The van der Waals surface area contributed by atoms with Crippen molar-refractivity contribution < 1.29 is 9.26 Å². The third-order valence-electron chi connectivity index (χ3n) is 3.98. The van der Waals surface area contributed by atoms with Crippen LogP contribution in [0, 0.1) is 0 Å². The first kappa shape index (κ1) is 22.3. The first-order chi connectivity index (χ1) is 12.2. The number of nitrogens with zero attached hydrogens (tertiary/aromatic N) is 2. The zero-order chi connectivity index (χ0) is 18.1. The molecule has 0 saturated heterocycles. The van der Waals surface area contributed by atoms with Crippen LogP contribution in [-0.2, 0) is 25.9 Å². The van der Waals surface area contributed by atoms with E-state index in [9.17, 15) is 0 Å². The number of hydrogen-bond donors (Lipinski definition) is 2. The van der Waals surface area contributed by atoms with E-state index >= 15 is 0 Å². The number of methoxy groups -OCH3 is 1. The molecule has 7 heteroatoms. The van der Waals surface area contributed by atoms with E-state index in [1.165, 1.54) is 0 Å². The molecular weight excluding hydrogens is 443 g/mol. The Hall–Kier alpha value is -1.77. The molecule has 0 unspecified atom stereocenters. The highest BCUT2D eigenvalue weighted by molar-refractivity contribution is 14.0. The number of benzene rings is 1. The highest BCUT2D eigenvalue weighted by atomic mass is 127. The highest BCUT2D eigenvalue weighted by Gasteiger charge is 2.13. The molecule has 0 aliphatic heterocycles. The fourth-order valence-electron chi connectivity index (χ4n) is 2.65. The predicted molar refractivity (Wildman–Crippen MR) is 115 cm³/mol. The van der Waals surface area contributed by atoms with Crippen molar-refractivity contribution in [3.63, 3.8) is 0 Å². The number of guanidine groups is 1. The zero-order valence-corrected chi connectivity index (χ0v) is 18.3.